The quantitative estimate of drug-likeness (QED) is 0.883. The van der Waals surface area contributed by atoms with Gasteiger partial charge < -0.3 is 19.6 Å². The monoisotopic (exact) mass is 332 g/mol. The van der Waals surface area contributed by atoms with Crippen LogP contribution in [0, 0.1) is 0 Å². The highest BCUT2D eigenvalue weighted by Crippen LogP contribution is 2.31. The van der Waals surface area contributed by atoms with Crippen LogP contribution < -0.4 is 0 Å². The maximum absolute atomic E-state index is 12.4. The molecule has 1 aromatic rings. The molecule has 0 radical (unpaired) electrons. The Labute approximate surface area is 142 Å². The van der Waals surface area contributed by atoms with Gasteiger partial charge in [-0.1, -0.05) is 30.3 Å². The van der Waals surface area contributed by atoms with Gasteiger partial charge in [0.15, 0.2) is 0 Å². The summed E-state index contributed by atoms with van der Waals surface area (Å²) in [7, 11) is 1.53. The van der Waals surface area contributed by atoms with Crippen LogP contribution in [0.25, 0.3) is 0 Å². The van der Waals surface area contributed by atoms with Gasteiger partial charge in [0, 0.05) is 13.7 Å². The van der Waals surface area contributed by atoms with Crippen LogP contribution in [0.4, 0.5) is 0 Å². The second kappa shape index (κ2) is 6.91. The van der Waals surface area contributed by atoms with Gasteiger partial charge in [0.25, 0.3) is 5.91 Å². The molecule has 6 heteroatoms. The number of β-amino-alcohol motifs (C(OH)–C–C–N with tert-alkyl or cyclic N) is 1. The summed E-state index contributed by atoms with van der Waals surface area (Å²) in [6.07, 6.45) is 2.06. The third-order valence-corrected chi connectivity index (χ3v) is 4.91. The molecule has 1 N–H and O–H groups in total. The van der Waals surface area contributed by atoms with Crippen LogP contribution in [0.15, 0.2) is 30.3 Å². The second-order valence-electron chi connectivity index (χ2n) is 6.63. The van der Waals surface area contributed by atoms with E-state index in [2.05, 4.69) is 0 Å². The van der Waals surface area contributed by atoms with Crippen LogP contribution in [-0.4, -0.2) is 66.1 Å². The summed E-state index contributed by atoms with van der Waals surface area (Å²) in [5.74, 6) is -0.233. The van der Waals surface area contributed by atoms with Crippen molar-refractivity contribution in [3.05, 3.63) is 35.9 Å². The van der Waals surface area contributed by atoms with Gasteiger partial charge in [0.2, 0.25) is 5.91 Å². The van der Waals surface area contributed by atoms with Gasteiger partial charge in [-0.15, -0.1) is 0 Å². The van der Waals surface area contributed by atoms with Crippen molar-refractivity contribution < 1.29 is 19.4 Å². The van der Waals surface area contributed by atoms with Gasteiger partial charge in [0.05, 0.1) is 19.6 Å². The fourth-order valence-corrected chi connectivity index (χ4v) is 3.40. The number of hydrogen-bond donors (Lipinski definition) is 1. The summed E-state index contributed by atoms with van der Waals surface area (Å²) in [5, 5.41) is 10.6. The first-order valence-corrected chi connectivity index (χ1v) is 8.41. The maximum atomic E-state index is 12.4. The van der Waals surface area contributed by atoms with E-state index in [4.69, 9.17) is 4.74 Å². The Balaban J connectivity index is 1.58. The van der Waals surface area contributed by atoms with Crippen molar-refractivity contribution in [3.8, 4) is 0 Å². The van der Waals surface area contributed by atoms with Gasteiger partial charge in [-0.3, -0.25) is 9.59 Å². The fourth-order valence-electron chi connectivity index (χ4n) is 3.40. The SMILES string of the molecule is COC1CCCCN(CC(=O)N2CC(O)(c3ccccc3)C2)C1=O. The number of likely N-dealkylation sites (tertiary alicyclic amines) is 2. The van der Waals surface area contributed by atoms with E-state index in [-0.39, 0.29) is 31.4 Å². The van der Waals surface area contributed by atoms with Gasteiger partial charge in [0.1, 0.15) is 11.7 Å². The normalized spacial score (nSPS) is 23.6. The molecule has 2 heterocycles. The average Bonchev–Trinajstić information content (AvgIpc) is 2.74. The Morgan fingerprint density at radius 1 is 1.29 bits per heavy atom. The number of hydrogen-bond acceptors (Lipinski definition) is 4. The van der Waals surface area contributed by atoms with Gasteiger partial charge in [-0.25, -0.2) is 0 Å². The lowest BCUT2D eigenvalue weighted by Crippen LogP contribution is -2.63. The molecule has 0 aromatic heterocycles. The number of carbonyl (C=O) groups excluding carboxylic acids is 2. The van der Waals surface area contributed by atoms with Crippen molar-refractivity contribution in [3.63, 3.8) is 0 Å². The fraction of sp³-hybridized carbons (Fsp3) is 0.556. The number of amides is 2. The number of nitrogens with zero attached hydrogens (tertiary/aromatic N) is 2. The molecule has 2 saturated heterocycles. The molecule has 2 aliphatic rings. The summed E-state index contributed by atoms with van der Waals surface area (Å²) in [6, 6.07) is 9.37. The summed E-state index contributed by atoms with van der Waals surface area (Å²) in [4.78, 5) is 28.0. The zero-order valence-electron chi connectivity index (χ0n) is 14.0. The van der Waals surface area contributed by atoms with Gasteiger partial charge in [-0.05, 0) is 24.8 Å². The predicted octanol–water partition coefficient (Wildman–Crippen LogP) is 0.744. The van der Waals surface area contributed by atoms with Crippen LogP contribution in [-0.2, 0) is 19.9 Å². The standard InChI is InChI=1S/C18H24N2O4/c1-24-15-9-5-6-10-19(17(15)22)11-16(21)20-12-18(23,13-20)14-7-3-2-4-8-14/h2-4,7-8,15,23H,5-6,9-13H2,1H3. The highest BCUT2D eigenvalue weighted by molar-refractivity contribution is 5.87. The number of methoxy groups -OCH3 is 1. The largest absolute Gasteiger partial charge is 0.381 e. The Bertz CT molecular complexity index is 598. The van der Waals surface area contributed by atoms with E-state index < -0.39 is 11.7 Å². The molecule has 3 rings (SSSR count). The average molecular weight is 332 g/mol. The number of benzene rings is 1. The second-order valence-corrected chi connectivity index (χ2v) is 6.63. The summed E-state index contributed by atoms with van der Waals surface area (Å²) >= 11 is 0. The molecule has 2 fully saturated rings. The van der Waals surface area contributed by atoms with Crippen LogP contribution in [0.2, 0.25) is 0 Å². The molecule has 1 unspecified atom stereocenters. The van der Waals surface area contributed by atoms with Crippen molar-refractivity contribution in [1.29, 1.82) is 0 Å². The molecule has 2 amide bonds. The molecule has 6 nitrogen and oxygen atoms in total. The minimum Gasteiger partial charge on any atom is -0.381 e. The Kier molecular flexibility index (Phi) is 4.87. The molecule has 2 aliphatic heterocycles. The third-order valence-electron chi connectivity index (χ3n) is 4.91. The number of ether oxygens (including phenoxy) is 1. The van der Waals surface area contributed by atoms with E-state index in [0.717, 1.165) is 18.4 Å². The Morgan fingerprint density at radius 2 is 2.00 bits per heavy atom. The topological polar surface area (TPSA) is 70.1 Å². The van der Waals surface area contributed by atoms with Gasteiger partial charge in [-0.2, -0.15) is 0 Å². The smallest absolute Gasteiger partial charge is 0.252 e. The van der Waals surface area contributed by atoms with E-state index in [9.17, 15) is 14.7 Å². The van der Waals surface area contributed by atoms with Crippen LogP contribution in [0.1, 0.15) is 24.8 Å². The molecule has 24 heavy (non-hydrogen) atoms. The summed E-state index contributed by atoms with van der Waals surface area (Å²) in [6.45, 7) is 1.18. The van der Waals surface area contributed by atoms with E-state index in [1.807, 2.05) is 30.3 Å². The highest BCUT2D eigenvalue weighted by atomic mass is 16.5. The van der Waals surface area contributed by atoms with Crippen LogP contribution >= 0.6 is 0 Å². The lowest BCUT2D eigenvalue weighted by Gasteiger charge is -2.47. The molecular weight excluding hydrogens is 308 g/mol. The van der Waals surface area contributed by atoms with E-state index in [1.54, 1.807) is 9.80 Å². The molecule has 0 spiro atoms. The Morgan fingerprint density at radius 3 is 2.67 bits per heavy atom. The number of rotatable bonds is 4. The lowest BCUT2D eigenvalue weighted by molar-refractivity contribution is -0.161. The molecule has 1 atom stereocenters. The molecule has 0 bridgehead atoms. The minimum absolute atomic E-state index is 0.0591. The van der Waals surface area contributed by atoms with Crippen molar-refractivity contribution in [2.75, 3.05) is 33.3 Å². The van der Waals surface area contributed by atoms with E-state index in [1.165, 1.54) is 7.11 Å². The van der Waals surface area contributed by atoms with E-state index in [0.29, 0.717) is 13.0 Å². The number of carbonyl (C=O) groups is 2. The van der Waals surface area contributed by atoms with Crippen molar-refractivity contribution >= 4 is 11.8 Å². The molecule has 130 valence electrons. The predicted molar refractivity (Wildman–Crippen MR) is 88.1 cm³/mol. The highest BCUT2D eigenvalue weighted by Gasteiger charge is 2.45. The zero-order valence-corrected chi connectivity index (χ0v) is 14.0. The first-order chi connectivity index (χ1) is 11.5. The summed E-state index contributed by atoms with van der Waals surface area (Å²) < 4.78 is 5.23. The summed E-state index contributed by atoms with van der Waals surface area (Å²) in [5.41, 5.74) is -0.159. The minimum atomic E-state index is -0.977. The van der Waals surface area contributed by atoms with Crippen LogP contribution in [0.5, 0.6) is 0 Å². The maximum Gasteiger partial charge on any atom is 0.252 e. The molecule has 0 aliphatic carbocycles. The molecular formula is C18H24N2O4. The molecule has 0 saturated carbocycles. The van der Waals surface area contributed by atoms with Crippen molar-refractivity contribution in [1.82, 2.24) is 9.80 Å². The van der Waals surface area contributed by atoms with E-state index >= 15 is 0 Å². The molecule has 1 aromatic carbocycles. The van der Waals surface area contributed by atoms with Crippen molar-refractivity contribution in [2.45, 2.75) is 31.0 Å². The Hall–Kier alpha value is -1.92. The van der Waals surface area contributed by atoms with Crippen LogP contribution in [0.3, 0.4) is 0 Å². The zero-order chi connectivity index (χ0) is 17.2. The third kappa shape index (κ3) is 3.30. The lowest BCUT2D eigenvalue weighted by atomic mass is 9.86. The first kappa shape index (κ1) is 16.9. The first-order valence-electron chi connectivity index (χ1n) is 8.41. The van der Waals surface area contributed by atoms with Crippen molar-refractivity contribution in [2.24, 2.45) is 0 Å². The van der Waals surface area contributed by atoms with Gasteiger partial charge >= 0.3 is 0 Å². The number of aliphatic hydroxyl groups is 1.